The molecule has 0 aliphatic carbocycles. The molecule has 0 atom stereocenters. The quantitative estimate of drug-likeness (QED) is 0.403. The maximum Gasteiger partial charge on any atom is -0.00979 e. The second-order valence-electron chi connectivity index (χ2n) is 2.72. The molecule has 0 aromatic heterocycles. The highest BCUT2D eigenvalue weighted by Crippen LogP contribution is 1.98. The van der Waals surface area contributed by atoms with Crippen molar-refractivity contribution in [3.8, 4) is 0 Å². The van der Waals surface area contributed by atoms with E-state index in [1.54, 1.807) is 0 Å². The molecule has 0 fully saturated rings. The topological polar surface area (TPSA) is 0 Å². The van der Waals surface area contributed by atoms with Crippen molar-refractivity contribution in [1.82, 2.24) is 0 Å². The second kappa shape index (κ2) is 5.08. The zero-order chi connectivity index (χ0) is 7.98. The maximum atomic E-state index is 3.11. The van der Waals surface area contributed by atoms with E-state index in [9.17, 15) is 0 Å². The summed E-state index contributed by atoms with van der Waals surface area (Å²) >= 11 is 0. The third-order valence-electron chi connectivity index (χ3n) is 1.10. The molecule has 0 aromatic carbocycles. The molecule has 56 valence electrons. The lowest BCUT2D eigenvalue weighted by atomic mass is 10.2. The molecule has 0 spiro atoms. The Bertz CT molecular complexity index is 164. The van der Waals surface area contributed by atoms with E-state index < -0.39 is 0 Å². The van der Waals surface area contributed by atoms with Crippen molar-refractivity contribution in [2.24, 2.45) is 5.92 Å². The van der Waals surface area contributed by atoms with E-state index in [1.807, 2.05) is 13.0 Å². The summed E-state index contributed by atoms with van der Waals surface area (Å²) < 4.78 is 0. The summed E-state index contributed by atoms with van der Waals surface area (Å²) in [5.41, 5.74) is 4.30. The predicted octanol–water partition coefficient (Wildman–Crippen LogP) is 3.32. The number of hydrogen-bond acceptors (Lipinski definition) is 0. The van der Waals surface area contributed by atoms with Crippen molar-refractivity contribution >= 4 is 0 Å². The van der Waals surface area contributed by atoms with Crippen molar-refractivity contribution in [2.45, 2.75) is 27.7 Å². The molecule has 0 aliphatic heterocycles. The van der Waals surface area contributed by atoms with Gasteiger partial charge in [0.05, 0.1) is 0 Å². The molecular formula is C10H16. The van der Waals surface area contributed by atoms with Gasteiger partial charge >= 0.3 is 0 Å². The maximum absolute atomic E-state index is 3.11. The average molecular weight is 136 g/mol. The lowest BCUT2D eigenvalue weighted by Crippen LogP contribution is -1.76. The highest BCUT2D eigenvalue weighted by Gasteiger charge is 1.82. The Morgan fingerprint density at radius 1 is 1.40 bits per heavy atom. The summed E-state index contributed by atoms with van der Waals surface area (Å²) in [4.78, 5) is 0. The Kier molecular flexibility index (Phi) is 4.70. The van der Waals surface area contributed by atoms with E-state index >= 15 is 0 Å². The summed E-state index contributed by atoms with van der Waals surface area (Å²) in [6.07, 6.45) is 6.20. The summed E-state index contributed by atoms with van der Waals surface area (Å²) in [5.74, 6) is 0.633. The second-order valence-corrected chi connectivity index (χ2v) is 2.72. The van der Waals surface area contributed by atoms with Crippen LogP contribution in [-0.2, 0) is 0 Å². The van der Waals surface area contributed by atoms with Gasteiger partial charge < -0.3 is 0 Å². The van der Waals surface area contributed by atoms with Crippen molar-refractivity contribution in [3.05, 3.63) is 29.5 Å². The van der Waals surface area contributed by atoms with Gasteiger partial charge in [-0.2, -0.15) is 0 Å². The van der Waals surface area contributed by atoms with E-state index in [-0.39, 0.29) is 0 Å². The molecule has 0 saturated heterocycles. The zero-order valence-electron chi connectivity index (χ0n) is 7.31. The summed E-state index contributed by atoms with van der Waals surface area (Å²) in [7, 11) is 0. The molecule has 0 bridgehead atoms. The average Bonchev–Trinajstić information content (AvgIpc) is 1.85. The standard InChI is InChI=1S/C10H16/c1-5-6-10(4)8-7-9(2)3/h5,7-9H,1-4H3. The Labute approximate surface area is 64.0 Å². The molecule has 0 unspecified atom stereocenters. The van der Waals surface area contributed by atoms with E-state index in [4.69, 9.17) is 0 Å². The first kappa shape index (κ1) is 9.26. The Morgan fingerprint density at radius 2 is 2.00 bits per heavy atom. The van der Waals surface area contributed by atoms with Crippen LogP contribution in [0.25, 0.3) is 0 Å². The van der Waals surface area contributed by atoms with Gasteiger partial charge in [-0.1, -0.05) is 26.0 Å². The van der Waals surface area contributed by atoms with Crippen LogP contribution < -0.4 is 0 Å². The van der Waals surface area contributed by atoms with Crippen LogP contribution in [0.15, 0.2) is 29.5 Å². The highest BCUT2D eigenvalue weighted by atomic mass is 13.9. The lowest BCUT2D eigenvalue weighted by molar-refractivity contribution is 0.831. The van der Waals surface area contributed by atoms with E-state index in [0.717, 1.165) is 0 Å². The summed E-state index contributed by atoms with van der Waals surface area (Å²) in [5, 5.41) is 0. The molecule has 0 saturated carbocycles. The van der Waals surface area contributed by atoms with Gasteiger partial charge in [0.15, 0.2) is 0 Å². The smallest absolute Gasteiger partial charge is 0.00979 e. The first-order valence-corrected chi connectivity index (χ1v) is 3.73. The van der Waals surface area contributed by atoms with Gasteiger partial charge in [0.1, 0.15) is 0 Å². The minimum absolute atomic E-state index is 0.633. The number of allylic oxidation sites excluding steroid dienone is 3. The molecule has 0 aliphatic rings. The zero-order valence-corrected chi connectivity index (χ0v) is 7.31. The van der Waals surface area contributed by atoms with Crippen LogP contribution in [0.4, 0.5) is 0 Å². The molecule has 0 heteroatoms. The van der Waals surface area contributed by atoms with Gasteiger partial charge in [-0.15, -0.1) is 5.73 Å². The van der Waals surface area contributed by atoms with Gasteiger partial charge in [-0.25, -0.2) is 0 Å². The number of rotatable bonds is 2. The van der Waals surface area contributed by atoms with Gasteiger partial charge in [0.25, 0.3) is 0 Å². The summed E-state index contributed by atoms with van der Waals surface area (Å²) in [6, 6.07) is 0. The normalized spacial score (nSPS) is 10.1. The Balaban J connectivity index is 4.03. The van der Waals surface area contributed by atoms with Crippen molar-refractivity contribution in [3.63, 3.8) is 0 Å². The van der Waals surface area contributed by atoms with E-state index in [0.29, 0.717) is 5.92 Å². The fourth-order valence-corrected chi connectivity index (χ4v) is 0.613. The fraction of sp³-hybridized carbons (Fsp3) is 0.500. The van der Waals surface area contributed by atoms with Gasteiger partial charge in [-0.05, 0) is 31.4 Å². The molecule has 0 N–H and O–H groups in total. The van der Waals surface area contributed by atoms with Gasteiger partial charge in [0.2, 0.25) is 0 Å². The van der Waals surface area contributed by atoms with Crippen LogP contribution in [0, 0.1) is 5.92 Å². The monoisotopic (exact) mass is 136 g/mol. The molecule has 0 rings (SSSR count). The van der Waals surface area contributed by atoms with Crippen molar-refractivity contribution in [1.29, 1.82) is 0 Å². The SMILES string of the molecule is CC=C=C(C)C=CC(C)C. The molecule has 0 radical (unpaired) electrons. The van der Waals surface area contributed by atoms with Crippen LogP contribution in [0.2, 0.25) is 0 Å². The highest BCUT2D eigenvalue weighted by molar-refractivity contribution is 5.15. The first-order chi connectivity index (χ1) is 4.66. The minimum Gasteiger partial charge on any atom is -0.122 e. The molecular weight excluding hydrogens is 120 g/mol. The van der Waals surface area contributed by atoms with Crippen molar-refractivity contribution in [2.75, 3.05) is 0 Å². The first-order valence-electron chi connectivity index (χ1n) is 3.73. The molecule has 0 aromatic rings. The lowest BCUT2D eigenvalue weighted by Gasteiger charge is -1.91. The summed E-state index contributed by atoms with van der Waals surface area (Å²) in [6.45, 7) is 8.37. The van der Waals surface area contributed by atoms with E-state index in [1.165, 1.54) is 5.57 Å². The molecule has 10 heavy (non-hydrogen) atoms. The Hall–Kier alpha value is -0.740. The van der Waals surface area contributed by atoms with Gasteiger partial charge in [0, 0.05) is 0 Å². The number of hydrogen-bond donors (Lipinski definition) is 0. The fourth-order valence-electron chi connectivity index (χ4n) is 0.613. The molecule has 0 nitrogen and oxygen atoms in total. The largest absolute Gasteiger partial charge is 0.122 e. The minimum atomic E-state index is 0.633. The predicted molar refractivity (Wildman–Crippen MR) is 46.9 cm³/mol. The molecule has 0 amide bonds. The van der Waals surface area contributed by atoms with E-state index in [2.05, 4.69) is 38.7 Å². The van der Waals surface area contributed by atoms with Gasteiger partial charge in [-0.3, -0.25) is 0 Å². The third-order valence-corrected chi connectivity index (χ3v) is 1.10. The third kappa shape index (κ3) is 5.40. The van der Waals surface area contributed by atoms with Crippen LogP contribution >= 0.6 is 0 Å². The van der Waals surface area contributed by atoms with Crippen LogP contribution in [0.5, 0.6) is 0 Å². The Morgan fingerprint density at radius 3 is 2.40 bits per heavy atom. The van der Waals surface area contributed by atoms with Crippen LogP contribution in [-0.4, -0.2) is 0 Å². The van der Waals surface area contributed by atoms with Crippen LogP contribution in [0.1, 0.15) is 27.7 Å². The molecule has 0 heterocycles. The van der Waals surface area contributed by atoms with Crippen LogP contribution in [0.3, 0.4) is 0 Å². The van der Waals surface area contributed by atoms with Crippen molar-refractivity contribution < 1.29 is 0 Å².